The number of benzene rings is 2. The van der Waals surface area contributed by atoms with Crippen LogP contribution in [0.25, 0.3) is 5.76 Å². The number of aliphatic hydroxyl groups excluding tert-OH is 1. The Labute approximate surface area is 200 Å². The van der Waals surface area contributed by atoms with Gasteiger partial charge in [0.25, 0.3) is 11.7 Å². The fourth-order valence-electron chi connectivity index (χ4n) is 4.25. The van der Waals surface area contributed by atoms with Gasteiger partial charge in [-0.25, -0.2) is 0 Å². The van der Waals surface area contributed by atoms with E-state index in [9.17, 15) is 19.8 Å². The van der Waals surface area contributed by atoms with Crippen molar-refractivity contribution in [1.82, 2.24) is 9.80 Å². The lowest BCUT2D eigenvalue weighted by Gasteiger charge is -2.28. The molecule has 8 heteroatoms. The van der Waals surface area contributed by atoms with Gasteiger partial charge in [-0.05, 0) is 49.8 Å². The van der Waals surface area contributed by atoms with Gasteiger partial charge in [-0.3, -0.25) is 9.59 Å². The first-order valence-corrected chi connectivity index (χ1v) is 11.3. The van der Waals surface area contributed by atoms with Gasteiger partial charge in [0.1, 0.15) is 11.5 Å². The minimum atomic E-state index is -0.852. The Morgan fingerprint density at radius 3 is 2.32 bits per heavy atom. The molecule has 1 aliphatic heterocycles. The van der Waals surface area contributed by atoms with Crippen LogP contribution in [0.15, 0.2) is 42.0 Å². The number of carbonyl (C=O) groups excluding carboxylic acids is 2. The van der Waals surface area contributed by atoms with Crippen LogP contribution in [0, 0.1) is 6.92 Å². The standard InChI is InChI=1S/C26H32N2O6/c1-6-27(7-2)12-13-28-23(17-9-11-20(33-4)21(15-17)34-5)22(25(31)26(28)32)24(30)18-14-16(3)8-10-19(18)29/h8-11,14-15,23,29-30H,6-7,12-13H2,1-5H3/t23-/m1/s1. The first kappa shape index (κ1) is 25.1. The van der Waals surface area contributed by atoms with Crippen LogP contribution in [0.4, 0.5) is 0 Å². The summed E-state index contributed by atoms with van der Waals surface area (Å²) >= 11 is 0. The van der Waals surface area contributed by atoms with Crippen molar-refractivity contribution in [3.05, 3.63) is 58.7 Å². The van der Waals surface area contributed by atoms with Crippen molar-refractivity contribution in [3.63, 3.8) is 0 Å². The molecule has 0 radical (unpaired) electrons. The Morgan fingerprint density at radius 1 is 1.03 bits per heavy atom. The number of ketones is 1. The summed E-state index contributed by atoms with van der Waals surface area (Å²) in [6.45, 7) is 8.34. The van der Waals surface area contributed by atoms with Crippen molar-refractivity contribution in [1.29, 1.82) is 0 Å². The first-order chi connectivity index (χ1) is 16.3. The Kier molecular flexibility index (Phi) is 7.83. The maximum Gasteiger partial charge on any atom is 0.295 e. The molecule has 3 rings (SSSR count). The topological polar surface area (TPSA) is 99.5 Å². The summed E-state index contributed by atoms with van der Waals surface area (Å²) in [5.41, 5.74) is 1.41. The van der Waals surface area contributed by atoms with Crippen molar-refractivity contribution in [2.75, 3.05) is 40.4 Å². The second-order valence-corrected chi connectivity index (χ2v) is 8.15. The highest BCUT2D eigenvalue weighted by Crippen LogP contribution is 2.42. The molecule has 34 heavy (non-hydrogen) atoms. The number of aliphatic hydroxyl groups is 1. The molecule has 0 unspecified atom stereocenters. The number of carbonyl (C=O) groups is 2. The number of rotatable bonds is 9. The molecule has 0 bridgehead atoms. The van der Waals surface area contributed by atoms with Gasteiger partial charge >= 0.3 is 0 Å². The number of hydrogen-bond donors (Lipinski definition) is 2. The molecule has 1 fully saturated rings. The third-order valence-corrected chi connectivity index (χ3v) is 6.22. The molecule has 1 saturated heterocycles. The van der Waals surface area contributed by atoms with Crippen LogP contribution in [0.1, 0.15) is 36.6 Å². The summed E-state index contributed by atoms with van der Waals surface area (Å²) in [6.07, 6.45) is 0. The molecule has 0 aromatic heterocycles. The number of ether oxygens (including phenoxy) is 2. The molecule has 2 N–H and O–H groups in total. The van der Waals surface area contributed by atoms with E-state index in [1.807, 2.05) is 20.8 Å². The van der Waals surface area contributed by atoms with Gasteiger partial charge in [0, 0.05) is 13.1 Å². The third-order valence-electron chi connectivity index (χ3n) is 6.22. The lowest BCUT2D eigenvalue weighted by atomic mass is 9.94. The molecule has 1 amide bonds. The average Bonchev–Trinajstić information content (AvgIpc) is 3.10. The van der Waals surface area contributed by atoms with Crippen LogP contribution in [-0.4, -0.2) is 72.1 Å². The molecule has 0 spiro atoms. The van der Waals surface area contributed by atoms with Crippen molar-refractivity contribution in [3.8, 4) is 17.2 Å². The second kappa shape index (κ2) is 10.6. The predicted octanol–water partition coefficient (Wildman–Crippen LogP) is 3.48. The van der Waals surface area contributed by atoms with Gasteiger partial charge in [-0.2, -0.15) is 0 Å². The molecule has 2 aromatic rings. The summed E-state index contributed by atoms with van der Waals surface area (Å²) in [5.74, 6) is -1.14. The molecule has 1 heterocycles. The van der Waals surface area contributed by atoms with E-state index in [0.717, 1.165) is 18.7 Å². The van der Waals surface area contributed by atoms with Gasteiger partial charge in [0.2, 0.25) is 0 Å². The average molecular weight is 469 g/mol. The van der Waals surface area contributed by atoms with Crippen molar-refractivity contribution >= 4 is 17.4 Å². The number of aromatic hydroxyl groups is 1. The second-order valence-electron chi connectivity index (χ2n) is 8.15. The molecule has 182 valence electrons. The minimum Gasteiger partial charge on any atom is -0.507 e. The Morgan fingerprint density at radius 2 is 1.71 bits per heavy atom. The zero-order valence-electron chi connectivity index (χ0n) is 20.3. The van der Waals surface area contributed by atoms with Crippen LogP contribution in [-0.2, 0) is 9.59 Å². The van der Waals surface area contributed by atoms with E-state index < -0.39 is 23.5 Å². The number of hydrogen-bond acceptors (Lipinski definition) is 7. The van der Waals surface area contributed by atoms with Gasteiger partial charge in [0.05, 0.1) is 31.4 Å². The van der Waals surface area contributed by atoms with Gasteiger partial charge < -0.3 is 29.5 Å². The zero-order chi connectivity index (χ0) is 25.0. The molecular weight excluding hydrogens is 436 g/mol. The lowest BCUT2D eigenvalue weighted by molar-refractivity contribution is -0.140. The number of phenolic OH excluding ortho intramolecular Hbond substituents is 1. The maximum atomic E-state index is 13.2. The molecule has 0 aliphatic carbocycles. The molecule has 1 atom stereocenters. The molecule has 0 saturated carbocycles. The summed E-state index contributed by atoms with van der Waals surface area (Å²) in [4.78, 5) is 30.0. The van der Waals surface area contributed by atoms with Crippen LogP contribution in [0.5, 0.6) is 17.2 Å². The lowest BCUT2D eigenvalue weighted by Crippen LogP contribution is -2.38. The highest BCUT2D eigenvalue weighted by molar-refractivity contribution is 6.46. The normalized spacial score (nSPS) is 17.5. The van der Waals surface area contributed by atoms with Crippen LogP contribution < -0.4 is 9.47 Å². The number of likely N-dealkylation sites (tertiary alicyclic amines) is 1. The smallest absolute Gasteiger partial charge is 0.295 e. The van der Waals surface area contributed by atoms with Crippen molar-refractivity contribution < 1.29 is 29.3 Å². The number of likely N-dealkylation sites (N-methyl/N-ethyl adjacent to an activating group) is 1. The van der Waals surface area contributed by atoms with E-state index >= 15 is 0 Å². The fraction of sp³-hybridized carbons (Fsp3) is 0.385. The van der Waals surface area contributed by atoms with E-state index in [2.05, 4.69) is 4.90 Å². The van der Waals surface area contributed by atoms with E-state index in [-0.39, 0.29) is 16.9 Å². The monoisotopic (exact) mass is 468 g/mol. The Balaban J connectivity index is 2.19. The van der Waals surface area contributed by atoms with E-state index in [1.165, 1.54) is 25.2 Å². The largest absolute Gasteiger partial charge is 0.507 e. The quantitative estimate of drug-likeness (QED) is 0.330. The van der Waals surface area contributed by atoms with Crippen LogP contribution in [0.2, 0.25) is 0 Å². The summed E-state index contributed by atoms with van der Waals surface area (Å²) < 4.78 is 10.8. The minimum absolute atomic E-state index is 0.0716. The highest BCUT2D eigenvalue weighted by Gasteiger charge is 2.46. The van der Waals surface area contributed by atoms with Crippen LogP contribution in [0.3, 0.4) is 0 Å². The zero-order valence-corrected chi connectivity index (χ0v) is 20.3. The molecule has 1 aliphatic rings. The van der Waals surface area contributed by atoms with Gasteiger partial charge in [-0.1, -0.05) is 31.5 Å². The number of nitrogens with zero attached hydrogens (tertiary/aromatic N) is 2. The van der Waals surface area contributed by atoms with E-state index in [4.69, 9.17) is 9.47 Å². The highest BCUT2D eigenvalue weighted by atomic mass is 16.5. The Bertz CT molecular complexity index is 1110. The molecule has 2 aromatic carbocycles. The van der Waals surface area contributed by atoms with E-state index in [0.29, 0.717) is 30.2 Å². The Hall–Kier alpha value is -3.52. The number of Topliss-reactive ketones (excluding diaryl/α,β-unsaturated/α-hetero) is 1. The SMILES string of the molecule is CCN(CC)CCN1C(=O)C(=O)C(=C(O)c2cc(C)ccc2O)[C@H]1c1ccc(OC)c(OC)c1. The first-order valence-electron chi connectivity index (χ1n) is 11.3. The summed E-state index contributed by atoms with van der Waals surface area (Å²) in [7, 11) is 3.03. The van der Waals surface area contributed by atoms with Crippen molar-refractivity contribution in [2.24, 2.45) is 0 Å². The number of phenols is 1. The number of methoxy groups -OCH3 is 2. The van der Waals surface area contributed by atoms with Crippen molar-refractivity contribution in [2.45, 2.75) is 26.8 Å². The third kappa shape index (κ3) is 4.72. The summed E-state index contributed by atoms with van der Waals surface area (Å²) in [6, 6.07) is 9.01. The number of aryl methyl sites for hydroxylation is 1. The number of amides is 1. The fourth-order valence-corrected chi connectivity index (χ4v) is 4.25. The summed E-state index contributed by atoms with van der Waals surface area (Å²) in [5, 5.41) is 21.6. The maximum absolute atomic E-state index is 13.2. The molecule has 8 nitrogen and oxygen atoms in total. The van der Waals surface area contributed by atoms with Gasteiger partial charge in [-0.15, -0.1) is 0 Å². The van der Waals surface area contributed by atoms with E-state index in [1.54, 1.807) is 30.3 Å². The predicted molar refractivity (Wildman–Crippen MR) is 129 cm³/mol. The molecular formula is C26H32N2O6. The van der Waals surface area contributed by atoms with Gasteiger partial charge in [0.15, 0.2) is 11.5 Å². The van der Waals surface area contributed by atoms with Crippen LogP contribution >= 0.6 is 0 Å².